The van der Waals surface area contributed by atoms with Gasteiger partial charge < -0.3 is 14.2 Å². The number of allylic oxidation sites excluding steroid dienone is 1. The molecule has 0 N–H and O–H groups in total. The van der Waals surface area contributed by atoms with Crippen LogP contribution in [-0.4, -0.2) is 30.4 Å². The van der Waals surface area contributed by atoms with Crippen LogP contribution in [0.15, 0.2) is 61.9 Å². The van der Waals surface area contributed by atoms with Gasteiger partial charge in [-0.1, -0.05) is 48.1 Å². The number of fused-ring (bicyclic) bond motifs is 1. The third-order valence-corrected chi connectivity index (χ3v) is 7.56. The first-order valence-electron chi connectivity index (χ1n) is 12.6. The van der Waals surface area contributed by atoms with Crippen LogP contribution < -0.4 is 24.4 Å². The molecule has 0 spiro atoms. The van der Waals surface area contributed by atoms with Gasteiger partial charge in [-0.2, -0.15) is 0 Å². The predicted molar refractivity (Wildman–Crippen MR) is 153 cm³/mol. The average Bonchev–Trinajstić information content (AvgIpc) is 3.17. The summed E-state index contributed by atoms with van der Waals surface area (Å²) in [5.41, 5.74) is 3.37. The summed E-state index contributed by atoms with van der Waals surface area (Å²) in [6.45, 7) is 10.8. The van der Waals surface area contributed by atoms with Crippen LogP contribution in [0.25, 0.3) is 6.08 Å². The van der Waals surface area contributed by atoms with Crippen LogP contribution in [0.4, 0.5) is 0 Å². The molecule has 1 aliphatic heterocycles. The Morgan fingerprint density at radius 2 is 1.84 bits per heavy atom. The molecular formula is C29H31BrN2O5S. The fourth-order valence-electron chi connectivity index (χ4n) is 4.29. The monoisotopic (exact) mass is 598 g/mol. The lowest BCUT2D eigenvalue weighted by atomic mass is 9.95. The lowest BCUT2D eigenvalue weighted by molar-refractivity contribution is -0.139. The Labute approximate surface area is 234 Å². The van der Waals surface area contributed by atoms with Crippen LogP contribution >= 0.6 is 27.3 Å². The van der Waals surface area contributed by atoms with Crippen molar-refractivity contribution in [3.05, 3.63) is 88.5 Å². The number of aromatic nitrogens is 1. The highest BCUT2D eigenvalue weighted by atomic mass is 79.9. The number of benzene rings is 2. The maximum atomic E-state index is 13.8. The molecule has 4 rings (SSSR count). The molecule has 0 fully saturated rings. The molecule has 38 heavy (non-hydrogen) atoms. The normalized spacial score (nSPS) is 15.2. The highest BCUT2D eigenvalue weighted by Gasteiger charge is 2.33. The second-order valence-electron chi connectivity index (χ2n) is 8.82. The van der Waals surface area contributed by atoms with E-state index in [1.165, 1.54) is 11.3 Å². The highest BCUT2D eigenvalue weighted by molar-refractivity contribution is 9.10. The molecule has 1 aromatic heterocycles. The minimum Gasteiger partial charge on any atom is -0.490 e. The van der Waals surface area contributed by atoms with Crippen LogP contribution in [0.5, 0.6) is 11.5 Å². The Bertz CT molecular complexity index is 1550. The van der Waals surface area contributed by atoms with E-state index in [2.05, 4.69) is 20.9 Å². The molecule has 2 heterocycles. The van der Waals surface area contributed by atoms with Crippen molar-refractivity contribution >= 4 is 39.3 Å². The molecule has 0 aliphatic carbocycles. The van der Waals surface area contributed by atoms with E-state index in [-0.39, 0.29) is 12.2 Å². The third-order valence-electron chi connectivity index (χ3n) is 5.99. The molecule has 0 radical (unpaired) electrons. The second-order valence-corrected chi connectivity index (χ2v) is 10.7. The number of esters is 1. The largest absolute Gasteiger partial charge is 0.490 e. The van der Waals surface area contributed by atoms with E-state index < -0.39 is 12.0 Å². The topological polar surface area (TPSA) is 79.1 Å². The van der Waals surface area contributed by atoms with E-state index >= 15 is 0 Å². The minimum atomic E-state index is -0.636. The Morgan fingerprint density at radius 1 is 1.11 bits per heavy atom. The zero-order valence-corrected chi connectivity index (χ0v) is 24.6. The lowest BCUT2D eigenvalue weighted by Gasteiger charge is -2.24. The average molecular weight is 600 g/mol. The molecule has 1 aliphatic rings. The van der Waals surface area contributed by atoms with Gasteiger partial charge in [0, 0.05) is 0 Å². The lowest BCUT2D eigenvalue weighted by Crippen LogP contribution is -2.39. The van der Waals surface area contributed by atoms with Gasteiger partial charge in [0.1, 0.15) is 0 Å². The van der Waals surface area contributed by atoms with Gasteiger partial charge in [0.25, 0.3) is 5.56 Å². The van der Waals surface area contributed by atoms with Crippen molar-refractivity contribution in [3.8, 4) is 11.5 Å². The predicted octanol–water partition coefficient (Wildman–Crippen LogP) is 5.06. The summed E-state index contributed by atoms with van der Waals surface area (Å²) in [6, 6.07) is 11.0. The molecule has 1 atom stereocenters. The summed E-state index contributed by atoms with van der Waals surface area (Å²) in [6.07, 6.45) is 2.69. The van der Waals surface area contributed by atoms with E-state index in [9.17, 15) is 9.59 Å². The van der Waals surface area contributed by atoms with Gasteiger partial charge in [-0.05, 0) is 79.4 Å². The van der Waals surface area contributed by atoms with Crippen molar-refractivity contribution in [2.24, 2.45) is 4.99 Å². The molecule has 7 nitrogen and oxygen atoms in total. The zero-order chi connectivity index (χ0) is 27.4. The minimum absolute atomic E-state index is 0.228. The van der Waals surface area contributed by atoms with Gasteiger partial charge in [-0.3, -0.25) is 9.36 Å². The third kappa shape index (κ3) is 5.63. The maximum absolute atomic E-state index is 13.8. The van der Waals surface area contributed by atoms with Crippen molar-refractivity contribution in [3.63, 3.8) is 0 Å². The number of halogens is 1. The second kappa shape index (κ2) is 12.1. The standard InChI is InChI=1S/C29H31BrN2O5S/c1-6-13-37-26-21(30)14-19(15-22(26)35-7-2)16-23-27(33)32-25(20-11-9-17(4)10-12-20)24(28(34)36-8-3)18(5)31-29(32)38-23/h9-12,14-16,25H,6-8,13H2,1-5H3/b23-16+/t25-/m0/s1. The summed E-state index contributed by atoms with van der Waals surface area (Å²) >= 11 is 4.88. The Morgan fingerprint density at radius 3 is 2.50 bits per heavy atom. The summed E-state index contributed by atoms with van der Waals surface area (Å²) in [7, 11) is 0. The molecule has 0 amide bonds. The van der Waals surface area contributed by atoms with E-state index in [1.54, 1.807) is 18.4 Å². The number of nitrogens with zero attached hydrogens (tertiary/aromatic N) is 2. The number of aryl methyl sites for hydroxylation is 1. The maximum Gasteiger partial charge on any atom is 0.338 e. The van der Waals surface area contributed by atoms with E-state index in [0.717, 1.165) is 27.6 Å². The molecule has 2 aromatic carbocycles. The molecule has 9 heteroatoms. The van der Waals surface area contributed by atoms with Crippen LogP contribution in [-0.2, 0) is 9.53 Å². The van der Waals surface area contributed by atoms with Crippen LogP contribution in [0, 0.1) is 6.92 Å². The fourth-order valence-corrected chi connectivity index (χ4v) is 5.91. The fraction of sp³-hybridized carbons (Fsp3) is 0.345. The van der Waals surface area contributed by atoms with Gasteiger partial charge >= 0.3 is 5.97 Å². The first kappa shape index (κ1) is 27.9. The summed E-state index contributed by atoms with van der Waals surface area (Å²) in [5.74, 6) is 0.773. The Balaban J connectivity index is 1.89. The molecule has 0 saturated carbocycles. The smallest absolute Gasteiger partial charge is 0.338 e. The van der Waals surface area contributed by atoms with Crippen molar-refractivity contribution < 1.29 is 19.0 Å². The quantitative estimate of drug-likeness (QED) is 0.322. The number of ether oxygens (including phenoxy) is 3. The van der Waals surface area contributed by atoms with E-state index in [0.29, 0.717) is 45.3 Å². The molecule has 3 aromatic rings. The van der Waals surface area contributed by atoms with E-state index in [4.69, 9.17) is 14.2 Å². The number of rotatable bonds is 9. The number of hydrogen-bond acceptors (Lipinski definition) is 7. The SMILES string of the molecule is CCCOc1c(Br)cc(/C=c2/sc3n(c2=O)[C@@H](c2ccc(C)cc2)C(C(=O)OCC)=C(C)N=3)cc1OCC. The molecule has 0 unspecified atom stereocenters. The van der Waals surface area contributed by atoms with Crippen molar-refractivity contribution in [1.29, 1.82) is 0 Å². The first-order valence-corrected chi connectivity index (χ1v) is 14.2. The van der Waals surface area contributed by atoms with E-state index in [1.807, 2.05) is 63.2 Å². The first-order chi connectivity index (χ1) is 18.3. The molecule has 0 saturated heterocycles. The number of hydrogen-bond donors (Lipinski definition) is 0. The van der Waals surface area contributed by atoms with Crippen LogP contribution in [0.3, 0.4) is 0 Å². The Kier molecular flexibility index (Phi) is 8.89. The summed E-state index contributed by atoms with van der Waals surface area (Å²) in [5, 5.41) is 0. The van der Waals surface area contributed by atoms with Crippen molar-refractivity contribution in [2.75, 3.05) is 19.8 Å². The van der Waals surface area contributed by atoms with Crippen LogP contribution in [0.1, 0.15) is 56.8 Å². The number of carbonyl (C=O) groups is 1. The molecule has 200 valence electrons. The van der Waals surface area contributed by atoms with Crippen LogP contribution in [0.2, 0.25) is 0 Å². The van der Waals surface area contributed by atoms with Gasteiger partial charge in [0.15, 0.2) is 16.3 Å². The zero-order valence-electron chi connectivity index (χ0n) is 22.2. The van der Waals surface area contributed by atoms with Crippen molar-refractivity contribution in [1.82, 2.24) is 4.57 Å². The van der Waals surface area contributed by atoms with Crippen molar-refractivity contribution in [2.45, 2.75) is 47.1 Å². The molecular weight excluding hydrogens is 568 g/mol. The highest BCUT2D eigenvalue weighted by Crippen LogP contribution is 2.37. The van der Waals surface area contributed by atoms with Gasteiger partial charge in [0.2, 0.25) is 0 Å². The Hall–Kier alpha value is -3.17. The van der Waals surface area contributed by atoms with Gasteiger partial charge in [-0.15, -0.1) is 0 Å². The van der Waals surface area contributed by atoms with Gasteiger partial charge in [0.05, 0.1) is 46.1 Å². The molecule has 0 bridgehead atoms. The number of thiazole rings is 1. The summed E-state index contributed by atoms with van der Waals surface area (Å²) in [4.78, 5) is 32.1. The number of carbonyl (C=O) groups excluding carboxylic acids is 1. The summed E-state index contributed by atoms with van der Waals surface area (Å²) < 4.78 is 19.9. The van der Waals surface area contributed by atoms with Gasteiger partial charge in [-0.25, -0.2) is 9.79 Å².